The van der Waals surface area contributed by atoms with E-state index in [1.165, 1.54) is 4.90 Å². The summed E-state index contributed by atoms with van der Waals surface area (Å²) in [7, 11) is -4.25. The highest BCUT2D eigenvalue weighted by Crippen LogP contribution is 2.39. The van der Waals surface area contributed by atoms with Gasteiger partial charge in [0.05, 0.1) is 17.1 Å². The molecule has 1 fully saturated rings. The zero-order chi connectivity index (χ0) is 19.8. The molecule has 2 aromatic carbocycles. The van der Waals surface area contributed by atoms with E-state index in [-0.39, 0.29) is 25.4 Å². The van der Waals surface area contributed by atoms with Crippen molar-refractivity contribution in [2.45, 2.75) is 17.2 Å². The van der Waals surface area contributed by atoms with Gasteiger partial charge in [-0.15, -0.1) is 0 Å². The first kappa shape index (κ1) is 19.9. The number of sulfonamides is 1. The van der Waals surface area contributed by atoms with Crippen molar-refractivity contribution in [1.29, 1.82) is 0 Å². The van der Waals surface area contributed by atoms with E-state index in [4.69, 9.17) is 21.5 Å². The lowest BCUT2D eigenvalue weighted by atomic mass is 10.1. The van der Waals surface area contributed by atoms with Gasteiger partial charge in [0, 0.05) is 23.8 Å². The Hall–Kier alpha value is -1.81. The zero-order valence-electron chi connectivity index (χ0n) is 13.9. The molecule has 1 aliphatic heterocycles. The zero-order valence-corrected chi connectivity index (χ0v) is 15.5. The summed E-state index contributed by atoms with van der Waals surface area (Å²) in [5.41, 5.74) is -0.373. The molecule has 27 heavy (non-hydrogen) atoms. The molecule has 0 aromatic heterocycles. The third-order valence-electron chi connectivity index (χ3n) is 4.25. The number of nitrogens with zero attached hydrogens (tertiary/aromatic N) is 1. The molecule has 2 aromatic rings. The fourth-order valence-electron chi connectivity index (χ4n) is 2.94. The summed E-state index contributed by atoms with van der Waals surface area (Å²) in [6.07, 6.45) is -5.17. The van der Waals surface area contributed by atoms with E-state index in [9.17, 15) is 21.6 Å². The number of hydrogen-bond donors (Lipinski definition) is 1. The Balaban J connectivity index is 1.96. The SMILES string of the molecule is NS(=O)(=O)c1ccc(N2CCOC(c3ccc(Cl)cc3)C2)c(C(F)(F)F)c1. The second-order valence-electron chi connectivity index (χ2n) is 6.08. The minimum absolute atomic E-state index is 0.114. The van der Waals surface area contributed by atoms with Crippen LogP contribution in [0.4, 0.5) is 18.9 Å². The number of alkyl halides is 3. The predicted molar refractivity (Wildman–Crippen MR) is 95.2 cm³/mol. The van der Waals surface area contributed by atoms with Crippen molar-refractivity contribution >= 4 is 27.3 Å². The van der Waals surface area contributed by atoms with Crippen molar-refractivity contribution in [2.24, 2.45) is 5.14 Å². The van der Waals surface area contributed by atoms with E-state index in [1.54, 1.807) is 24.3 Å². The van der Waals surface area contributed by atoms with Gasteiger partial charge in [-0.25, -0.2) is 13.6 Å². The highest BCUT2D eigenvalue weighted by atomic mass is 35.5. The number of nitrogens with two attached hydrogens (primary N) is 1. The largest absolute Gasteiger partial charge is 0.418 e. The molecule has 0 saturated carbocycles. The molecule has 0 amide bonds. The van der Waals surface area contributed by atoms with Crippen LogP contribution in [0.25, 0.3) is 0 Å². The number of morpholine rings is 1. The molecule has 1 atom stereocenters. The standard InChI is InChI=1S/C17H16ClF3N2O3S/c18-12-3-1-11(2-4-12)16-10-23(7-8-26-16)15-6-5-13(27(22,24)25)9-14(15)17(19,20)21/h1-6,9,16H,7-8,10H2,(H2,22,24,25). The predicted octanol–water partition coefficient (Wildman–Crippen LogP) is 3.58. The number of halogens is 4. The maximum atomic E-state index is 13.5. The summed E-state index contributed by atoms with van der Waals surface area (Å²) in [6, 6.07) is 9.65. The van der Waals surface area contributed by atoms with Crippen molar-refractivity contribution in [2.75, 3.05) is 24.6 Å². The normalized spacial score (nSPS) is 18.6. The van der Waals surface area contributed by atoms with Gasteiger partial charge in [0.1, 0.15) is 6.10 Å². The van der Waals surface area contributed by atoms with Gasteiger partial charge in [-0.05, 0) is 35.9 Å². The first-order chi connectivity index (χ1) is 12.6. The molecule has 1 aliphatic rings. The summed E-state index contributed by atoms with van der Waals surface area (Å²) in [5, 5.41) is 5.51. The molecule has 1 saturated heterocycles. The maximum Gasteiger partial charge on any atom is 0.418 e. The van der Waals surface area contributed by atoms with Crippen molar-refractivity contribution in [1.82, 2.24) is 0 Å². The Bertz CT molecular complexity index is 933. The molecule has 0 radical (unpaired) electrons. The fourth-order valence-corrected chi connectivity index (χ4v) is 3.61. The second-order valence-corrected chi connectivity index (χ2v) is 8.08. The average molecular weight is 421 g/mol. The van der Waals surface area contributed by atoms with Crippen LogP contribution in [0.1, 0.15) is 17.2 Å². The molecule has 1 unspecified atom stereocenters. The number of hydrogen-bond acceptors (Lipinski definition) is 4. The smallest absolute Gasteiger partial charge is 0.370 e. The summed E-state index contributed by atoms with van der Waals surface area (Å²) >= 11 is 5.86. The van der Waals surface area contributed by atoms with Crippen LogP contribution >= 0.6 is 11.6 Å². The molecule has 0 bridgehead atoms. The van der Waals surface area contributed by atoms with E-state index in [1.807, 2.05) is 0 Å². The van der Waals surface area contributed by atoms with Crippen LogP contribution in [0.15, 0.2) is 47.4 Å². The van der Waals surface area contributed by atoms with Gasteiger partial charge >= 0.3 is 6.18 Å². The Labute approximate surface area is 159 Å². The molecule has 5 nitrogen and oxygen atoms in total. The van der Waals surface area contributed by atoms with Crippen molar-refractivity contribution < 1.29 is 26.3 Å². The highest BCUT2D eigenvalue weighted by molar-refractivity contribution is 7.89. The topological polar surface area (TPSA) is 72.6 Å². The van der Waals surface area contributed by atoms with Gasteiger partial charge in [-0.2, -0.15) is 13.2 Å². The average Bonchev–Trinajstić information content (AvgIpc) is 2.60. The Morgan fingerprint density at radius 1 is 1.15 bits per heavy atom. The maximum absolute atomic E-state index is 13.5. The number of benzene rings is 2. The van der Waals surface area contributed by atoms with Crippen LogP contribution in [0.3, 0.4) is 0 Å². The van der Waals surface area contributed by atoms with Crippen molar-refractivity contribution in [3.63, 3.8) is 0 Å². The summed E-state index contributed by atoms with van der Waals surface area (Å²) in [6.45, 7) is 0.642. The third-order valence-corrected chi connectivity index (χ3v) is 5.41. The van der Waals surface area contributed by atoms with Gasteiger partial charge in [-0.1, -0.05) is 23.7 Å². The van der Waals surface area contributed by atoms with E-state index < -0.39 is 32.8 Å². The van der Waals surface area contributed by atoms with E-state index in [0.717, 1.165) is 17.7 Å². The molecule has 0 aliphatic carbocycles. The number of rotatable bonds is 3. The summed E-state index contributed by atoms with van der Waals surface area (Å²) in [4.78, 5) is 0.944. The lowest BCUT2D eigenvalue weighted by Crippen LogP contribution is -2.39. The van der Waals surface area contributed by atoms with Crippen molar-refractivity contribution in [3.8, 4) is 0 Å². The van der Waals surface area contributed by atoms with E-state index in [2.05, 4.69) is 0 Å². The Kier molecular flexibility index (Phi) is 5.40. The fraction of sp³-hybridized carbons (Fsp3) is 0.294. The number of ether oxygens (including phenoxy) is 1. The van der Waals surface area contributed by atoms with Crippen LogP contribution in [0.5, 0.6) is 0 Å². The van der Waals surface area contributed by atoms with Gasteiger partial charge in [0.2, 0.25) is 10.0 Å². The molecular formula is C17H16ClF3N2O3S. The van der Waals surface area contributed by atoms with E-state index in [0.29, 0.717) is 11.1 Å². The van der Waals surface area contributed by atoms with Crippen LogP contribution in [-0.2, 0) is 20.9 Å². The monoisotopic (exact) mass is 420 g/mol. The minimum Gasteiger partial charge on any atom is -0.370 e. The molecule has 146 valence electrons. The number of primary sulfonamides is 1. The molecule has 3 rings (SSSR count). The van der Waals surface area contributed by atoms with Gasteiger partial charge < -0.3 is 9.64 Å². The first-order valence-corrected chi connectivity index (χ1v) is 9.84. The molecule has 0 spiro atoms. The van der Waals surface area contributed by atoms with Crippen LogP contribution in [0, 0.1) is 0 Å². The summed E-state index contributed by atoms with van der Waals surface area (Å²) < 4.78 is 69.1. The molecule has 10 heteroatoms. The lowest BCUT2D eigenvalue weighted by Gasteiger charge is -2.36. The minimum atomic E-state index is -4.73. The molecule has 1 heterocycles. The van der Waals surface area contributed by atoms with Crippen molar-refractivity contribution in [3.05, 3.63) is 58.6 Å². The third kappa shape index (κ3) is 4.55. The van der Waals surface area contributed by atoms with Crippen LogP contribution < -0.4 is 10.0 Å². The summed E-state index contributed by atoms with van der Waals surface area (Å²) in [5.74, 6) is 0. The van der Waals surface area contributed by atoms with Crippen LogP contribution in [0.2, 0.25) is 5.02 Å². The second kappa shape index (κ2) is 7.31. The Morgan fingerprint density at radius 2 is 1.81 bits per heavy atom. The van der Waals surface area contributed by atoms with Crippen LogP contribution in [-0.4, -0.2) is 28.1 Å². The molecular weight excluding hydrogens is 405 g/mol. The van der Waals surface area contributed by atoms with Gasteiger partial charge in [-0.3, -0.25) is 0 Å². The van der Waals surface area contributed by atoms with Gasteiger partial charge in [0.15, 0.2) is 0 Å². The van der Waals surface area contributed by atoms with Gasteiger partial charge in [0.25, 0.3) is 0 Å². The van der Waals surface area contributed by atoms with E-state index >= 15 is 0 Å². The first-order valence-electron chi connectivity index (χ1n) is 7.92. The highest BCUT2D eigenvalue weighted by Gasteiger charge is 2.37. The Morgan fingerprint density at radius 3 is 2.41 bits per heavy atom. The lowest BCUT2D eigenvalue weighted by molar-refractivity contribution is -0.137. The molecule has 2 N–H and O–H groups in total. The quantitative estimate of drug-likeness (QED) is 0.823. The number of anilines is 1.